The summed E-state index contributed by atoms with van der Waals surface area (Å²) in [6, 6.07) is 17.3. The number of para-hydroxylation sites is 1. The maximum Gasteiger partial charge on any atom is 0.162 e. The summed E-state index contributed by atoms with van der Waals surface area (Å²) in [5.41, 5.74) is 12.4. The Balaban J connectivity index is 1.68. The lowest BCUT2D eigenvalue weighted by molar-refractivity contribution is -0.118. The van der Waals surface area contributed by atoms with Crippen LogP contribution in [0, 0.1) is 30.6 Å². The number of nitrogens with two attached hydrogens (primary N) is 1. The Hall–Kier alpha value is -3.79. The van der Waals surface area contributed by atoms with Gasteiger partial charge in [0.05, 0.1) is 28.3 Å². The third-order valence-electron chi connectivity index (χ3n) is 7.62. The van der Waals surface area contributed by atoms with E-state index in [1.807, 2.05) is 38.1 Å². The third-order valence-corrected chi connectivity index (χ3v) is 8.22. The molecular weight excluding hydrogens is 543 g/mol. The molecule has 40 heavy (non-hydrogen) atoms. The van der Waals surface area contributed by atoms with Crippen LogP contribution >= 0.6 is 23.2 Å². The lowest BCUT2D eigenvalue weighted by Gasteiger charge is -2.44. The minimum absolute atomic E-state index is 0.00430. The average Bonchev–Trinajstić information content (AvgIpc) is 2.89. The summed E-state index contributed by atoms with van der Waals surface area (Å²) in [5, 5.41) is 11.2. The second-order valence-corrected chi connectivity index (χ2v) is 11.9. The number of aromatic nitrogens is 1. The number of halogens is 2. The van der Waals surface area contributed by atoms with Crippen LogP contribution in [-0.4, -0.2) is 10.8 Å². The first kappa shape index (κ1) is 27.8. The molecule has 2 aromatic carbocycles. The summed E-state index contributed by atoms with van der Waals surface area (Å²) in [4.78, 5) is 19.9. The van der Waals surface area contributed by atoms with Crippen LogP contribution in [0.2, 0.25) is 10.2 Å². The van der Waals surface area contributed by atoms with Gasteiger partial charge in [-0.1, -0.05) is 61.3 Å². The van der Waals surface area contributed by atoms with Gasteiger partial charge in [0, 0.05) is 23.9 Å². The summed E-state index contributed by atoms with van der Waals surface area (Å²) < 4.78 is 6.06. The van der Waals surface area contributed by atoms with Crippen LogP contribution in [0.15, 0.2) is 77.4 Å². The lowest BCUT2D eigenvalue weighted by atomic mass is 9.68. The minimum atomic E-state index is -0.616. The largest absolute Gasteiger partial charge is 0.487 e. The Bertz CT molecular complexity index is 1630. The Labute approximate surface area is 244 Å². The fourth-order valence-electron chi connectivity index (χ4n) is 5.74. The van der Waals surface area contributed by atoms with Crippen molar-refractivity contribution in [2.24, 2.45) is 11.1 Å². The van der Waals surface area contributed by atoms with Gasteiger partial charge in [0.25, 0.3) is 0 Å². The summed E-state index contributed by atoms with van der Waals surface area (Å²) in [6.07, 6.45) is 2.54. The van der Waals surface area contributed by atoms with E-state index in [4.69, 9.17) is 33.7 Å². The maximum absolute atomic E-state index is 13.9. The first-order chi connectivity index (χ1) is 19.0. The van der Waals surface area contributed by atoms with Crippen LogP contribution in [-0.2, 0) is 11.4 Å². The molecule has 0 spiro atoms. The number of anilines is 1. The van der Waals surface area contributed by atoms with E-state index in [0.717, 1.165) is 28.0 Å². The number of hydrogen-bond donors (Lipinski definition) is 1. The van der Waals surface area contributed by atoms with Gasteiger partial charge in [0.2, 0.25) is 0 Å². The van der Waals surface area contributed by atoms with Crippen molar-refractivity contribution in [3.63, 3.8) is 0 Å². The van der Waals surface area contributed by atoms with Gasteiger partial charge in [-0.2, -0.15) is 5.26 Å². The number of carbonyl (C=O) groups excluding carboxylic acids is 1. The van der Waals surface area contributed by atoms with Gasteiger partial charge in [-0.25, -0.2) is 4.98 Å². The summed E-state index contributed by atoms with van der Waals surface area (Å²) in [6.45, 7) is 8.42. The van der Waals surface area contributed by atoms with Gasteiger partial charge in [0.1, 0.15) is 18.2 Å². The highest BCUT2D eigenvalue weighted by atomic mass is 35.5. The number of ketones is 1. The number of allylic oxidation sites excluding steroid dienone is 3. The zero-order valence-electron chi connectivity index (χ0n) is 22.9. The molecule has 1 unspecified atom stereocenters. The highest BCUT2D eigenvalue weighted by molar-refractivity contribution is 6.32. The van der Waals surface area contributed by atoms with E-state index in [0.29, 0.717) is 40.4 Å². The molecule has 1 aromatic heterocycles. The number of rotatable bonds is 5. The molecule has 0 bridgehead atoms. The summed E-state index contributed by atoms with van der Waals surface area (Å²) >= 11 is 12.8. The molecule has 0 saturated carbocycles. The number of pyridine rings is 1. The van der Waals surface area contributed by atoms with Crippen LogP contribution in [0.1, 0.15) is 54.9 Å². The Morgan fingerprint density at radius 3 is 2.58 bits per heavy atom. The van der Waals surface area contributed by atoms with Gasteiger partial charge in [0.15, 0.2) is 10.9 Å². The smallest absolute Gasteiger partial charge is 0.162 e. The van der Waals surface area contributed by atoms with Crippen LogP contribution in [0.5, 0.6) is 5.75 Å². The minimum Gasteiger partial charge on any atom is -0.487 e. The van der Waals surface area contributed by atoms with Gasteiger partial charge < -0.3 is 10.5 Å². The topological polar surface area (TPSA) is 92.2 Å². The van der Waals surface area contributed by atoms with E-state index in [2.05, 4.69) is 31.0 Å². The Morgan fingerprint density at radius 1 is 1.12 bits per heavy atom. The quantitative estimate of drug-likeness (QED) is 0.318. The van der Waals surface area contributed by atoms with Gasteiger partial charge in [-0.3, -0.25) is 9.69 Å². The van der Waals surface area contributed by atoms with Gasteiger partial charge in [-0.15, -0.1) is 0 Å². The Kier molecular flexibility index (Phi) is 7.39. The summed E-state index contributed by atoms with van der Waals surface area (Å²) in [5.74, 6) is 0.217. The van der Waals surface area contributed by atoms with Crippen LogP contribution in [0.4, 0.5) is 5.69 Å². The molecule has 1 atom stereocenters. The number of nitriles is 1. The number of ether oxygens (including phenoxy) is 1. The number of Topliss-reactive ketones (excluding diaryl/α,β-unsaturated/α-hetero) is 1. The molecule has 6 nitrogen and oxygen atoms in total. The number of carbonyl (C=O) groups is 1. The lowest BCUT2D eigenvalue weighted by Crippen LogP contribution is -2.42. The van der Waals surface area contributed by atoms with Gasteiger partial charge >= 0.3 is 0 Å². The molecule has 0 radical (unpaired) electrons. The molecule has 0 fully saturated rings. The van der Waals surface area contributed by atoms with Crippen LogP contribution < -0.4 is 15.4 Å². The monoisotopic (exact) mass is 572 g/mol. The molecule has 3 aromatic rings. The predicted molar refractivity (Wildman–Crippen MR) is 158 cm³/mol. The molecule has 0 amide bonds. The van der Waals surface area contributed by atoms with Crippen molar-refractivity contribution >= 4 is 34.7 Å². The number of aryl methyl sites for hydroxylation is 2. The zero-order valence-corrected chi connectivity index (χ0v) is 24.4. The Morgan fingerprint density at radius 2 is 1.88 bits per heavy atom. The van der Waals surface area contributed by atoms with Crippen LogP contribution in [0.3, 0.4) is 0 Å². The molecule has 2 N–H and O–H groups in total. The molecule has 1 aliphatic carbocycles. The van der Waals surface area contributed by atoms with Crippen molar-refractivity contribution < 1.29 is 9.53 Å². The van der Waals surface area contributed by atoms with Crippen molar-refractivity contribution in [2.75, 3.05) is 4.90 Å². The number of hydrogen-bond acceptors (Lipinski definition) is 6. The molecule has 8 heteroatoms. The van der Waals surface area contributed by atoms with Crippen molar-refractivity contribution in [3.05, 3.63) is 110 Å². The first-order valence-electron chi connectivity index (χ1n) is 13.1. The molecular formula is C32H30Cl2N4O2. The standard InChI is InChI=1S/C32H30Cl2N4O2/c1-18-12-19(2)21(13-20(18)17-40-27-10-6-5-8-23(27)33)28-22(16-35)31(36)38(24-9-7-11-37-30(24)34)25-14-32(3,4)15-26(39)29(25)28/h5-13,28H,14-15,17,36H2,1-4H3. The fraction of sp³-hybridized carbons (Fsp3) is 0.281. The SMILES string of the molecule is Cc1cc(C)c(C2C(C#N)=C(N)N(c3cccnc3Cl)C3=C2C(=O)CC(C)(C)C3)cc1COc1ccccc1Cl. The predicted octanol–water partition coefficient (Wildman–Crippen LogP) is 7.53. The van der Waals surface area contributed by atoms with Crippen LogP contribution in [0.25, 0.3) is 0 Å². The highest BCUT2D eigenvalue weighted by Gasteiger charge is 2.45. The van der Waals surface area contributed by atoms with Crippen molar-refractivity contribution in [2.45, 2.75) is 53.1 Å². The number of nitrogens with zero attached hydrogens (tertiary/aromatic N) is 3. The summed E-state index contributed by atoms with van der Waals surface area (Å²) in [7, 11) is 0. The second-order valence-electron chi connectivity index (χ2n) is 11.1. The van der Waals surface area contributed by atoms with E-state index >= 15 is 0 Å². The molecule has 2 heterocycles. The van der Waals surface area contributed by atoms with Crippen molar-refractivity contribution in [1.29, 1.82) is 5.26 Å². The average molecular weight is 574 g/mol. The van der Waals surface area contributed by atoms with Crippen molar-refractivity contribution in [1.82, 2.24) is 4.98 Å². The highest BCUT2D eigenvalue weighted by Crippen LogP contribution is 2.51. The second kappa shape index (κ2) is 10.6. The van der Waals surface area contributed by atoms with E-state index in [-0.39, 0.29) is 28.8 Å². The van der Waals surface area contributed by atoms with E-state index in [1.165, 1.54) is 0 Å². The normalized spacial score (nSPS) is 18.5. The molecule has 1 aliphatic heterocycles. The van der Waals surface area contributed by atoms with Gasteiger partial charge in [-0.05, 0) is 72.2 Å². The van der Waals surface area contributed by atoms with E-state index < -0.39 is 5.92 Å². The zero-order chi connectivity index (χ0) is 28.8. The number of benzene rings is 2. The fourth-order valence-corrected chi connectivity index (χ4v) is 6.13. The molecule has 204 valence electrons. The van der Waals surface area contributed by atoms with Crippen molar-refractivity contribution in [3.8, 4) is 11.8 Å². The third kappa shape index (κ3) is 4.96. The van der Waals surface area contributed by atoms with E-state index in [9.17, 15) is 10.1 Å². The maximum atomic E-state index is 13.9. The molecule has 5 rings (SSSR count). The molecule has 2 aliphatic rings. The van der Waals surface area contributed by atoms with E-state index in [1.54, 1.807) is 29.3 Å². The first-order valence-corrected chi connectivity index (χ1v) is 13.8. The molecule has 0 saturated heterocycles.